The average molecular weight is 250 g/mol. The highest BCUT2D eigenvalue weighted by Crippen LogP contribution is 2.17. The van der Waals surface area contributed by atoms with Crippen molar-refractivity contribution in [3.05, 3.63) is 12.4 Å². The molecule has 1 aromatic heterocycles. The lowest BCUT2D eigenvalue weighted by Crippen LogP contribution is -2.33. The number of likely N-dealkylation sites (tertiary alicyclic amines) is 1. The van der Waals surface area contributed by atoms with Gasteiger partial charge in [0, 0.05) is 12.6 Å². The molecular formula is C13H22N4O. The molecule has 1 aromatic rings. The zero-order chi connectivity index (χ0) is 12.8. The summed E-state index contributed by atoms with van der Waals surface area (Å²) >= 11 is 0. The molecule has 5 nitrogen and oxygen atoms in total. The second-order valence-corrected chi connectivity index (χ2v) is 4.80. The quantitative estimate of drug-likeness (QED) is 0.860. The van der Waals surface area contributed by atoms with Gasteiger partial charge in [-0.1, -0.05) is 0 Å². The van der Waals surface area contributed by atoms with Gasteiger partial charge in [0.1, 0.15) is 12.1 Å². The van der Waals surface area contributed by atoms with Crippen molar-refractivity contribution in [3.63, 3.8) is 0 Å². The minimum Gasteiger partial charge on any atom is -0.478 e. The first-order chi connectivity index (χ1) is 8.78. The van der Waals surface area contributed by atoms with Crippen LogP contribution in [0.1, 0.15) is 19.8 Å². The molecule has 0 amide bonds. The van der Waals surface area contributed by atoms with E-state index in [1.165, 1.54) is 25.9 Å². The van der Waals surface area contributed by atoms with Gasteiger partial charge in [-0.05, 0) is 45.8 Å². The summed E-state index contributed by atoms with van der Waals surface area (Å²) in [7, 11) is 2.18. The number of rotatable bonds is 5. The van der Waals surface area contributed by atoms with Crippen molar-refractivity contribution < 1.29 is 4.74 Å². The fraction of sp³-hybridized carbons (Fsp3) is 0.692. The molecule has 1 saturated heterocycles. The maximum Gasteiger partial charge on any atom is 0.218 e. The molecule has 2 heterocycles. The zero-order valence-electron chi connectivity index (χ0n) is 11.2. The van der Waals surface area contributed by atoms with E-state index in [2.05, 4.69) is 27.2 Å². The molecular weight excluding hydrogens is 228 g/mol. The van der Waals surface area contributed by atoms with Gasteiger partial charge in [0.05, 0.1) is 6.61 Å². The summed E-state index contributed by atoms with van der Waals surface area (Å²) in [6.45, 7) is 5.95. The Bertz CT molecular complexity index is 364. The maximum atomic E-state index is 5.35. The van der Waals surface area contributed by atoms with Gasteiger partial charge in [0.25, 0.3) is 0 Å². The third-order valence-electron chi connectivity index (χ3n) is 3.34. The van der Waals surface area contributed by atoms with Gasteiger partial charge in [-0.2, -0.15) is 0 Å². The van der Waals surface area contributed by atoms with Crippen molar-refractivity contribution in [1.82, 2.24) is 14.9 Å². The second-order valence-electron chi connectivity index (χ2n) is 4.80. The highest BCUT2D eigenvalue weighted by molar-refractivity contribution is 5.37. The second kappa shape index (κ2) is 6.54. The summed E-state index contributed by atoms with van der Waals surface area (Å²) in [4.78, 5) is 10.6. The van der Waals surface area contributed by atoms with Crippen molar-refractivity contribution in [2.24, 2.45) is 5.92 Å². The van der Waals surface area contributed by atoms with Crippen molar-refractivity contribution in [3.8, 4) is 5.88 Å². The van der Waals surface area contributed by atoms with Gasteiger partial charge in [-0.3, -0.25) is 0 Å². The van der Waals surface area contributed by atoms with Gasteiger partial charge in [0.2, 0.25) is 5.88 Å². The molecule has 1 fully saturated rings. The number of nitrogens with zero attached hydrogens (tertiary/aromatic N) is 3. The van der Waals surface area contributed by atoms with Crippen LogP contribution in [0.2, 0.25) is 0 Å². The van der Waals surface area contributed by atoms with Crippen molar-refractivity contribution in [2.75, 3.05) is 38.6 Å². The Morgan fingerprint density at radius 3 is 2.89 bits per heavy atom. The topological polar surface area (TPSA) is 50.3 Å². The molecule has 18 heavy (non-hydrogen) atoms. The van der Waals surface area contributed by atoms with Crippen LogP contribution in [0.3, 0.4) is 0 Å². The summed E-state index contributed by atoms with van der Waals surface area (Å²) < 4.78 is 5.35. The fourth-order valence-electron chi connectivity index (χ4n) is 2.18. The molecule has 0 atom stereocenters. The first-order valence-corrected chi connectivity index (χ1v) is 6.65. The molecule has 5 heteroatoms. The van der Waals surface area contributed by atoms with Gasteiger partial charge in [-0.15, -0.1) is 0 Å². The molecule has 0 aliphatic carbocycles. The van der Waals surface area contributed by atoms with Crippen LogP contribution in [0, 0.1) is 5.92 Å². The van der Waals surface area contributed by atoms with E-state index in [0.717, 1.165) is 18.3 Å². The Labute approximate surface area is 109 Å². The Morgan fingerprint density at radius 1 is 1.39 bits per heavy atom. The van der Waals surface area contributed by atoms with Crippen LogP contribution in [-0.4, -0.2) is 48.2 Å². The van der Waals surface area contributed by atoms with E-state index < -0.39 is 0 Å². The van der Waals surface area contributed by atoms with E-state index in [1.54, 1.807) is 6.33 Å². The molecule has 0 aromatic carbocycles. The van der Waals surface area contributed by atoms with Crippen LogP contribution in [0.5, 0.6) is 5.88 Å². The minimum absolute atomic E-state index is 0.630. The number of nitrogens with one attached hydrogen (secondary N) is 1. The van der Waals surface area contributed by atoms with E-state index in [0.29, 0.717) is 12.5 Å². The third kappa shape index (κ3) is 3.84. The predicted molar refractivity (Wildman–Crippen MR) is 71.9 cm³/mol. The number of hydrogen-bond acceptors (Lipinski definition) is 5. The largest absolute Gasteiger partial charge is 0.478 e. The fourth-order valence-corrected chi connectivity index (χ4v) is 2.18. The van der Waals surface area contributed by atoms with E-state index >= 15 is 0 Å². The van der Waals surface area contributed by atoms with Crippen molar-refractivity contribution in [1.29, 1.82) is 0 Å². The molecule has 0 unspecified atom stereocenters. The van der Waals surface area contributed by atoms with Crippen LogP contribution >= 0.6 is 0 Å². The molecule has 1 aliphatic heterocycles. The van der Waals surface area contributed by atoms with E-state index in [1.807, 2.05) is 13.0 Å². The standard InChI is InChI=1S/C13H22N4O/c1-3-18-13-8-12(15-10-16-13)14-9-11-4-6-17(2)7-5-11/h8,10-11H,3-7,9H2,1-2H3,(H,14,15,16). The SMILES string of the molecule is CCOc1cc(NCC2CCN(C)CC2)ncn1. The van der Waals surface area contributed by atoms with Crippen LogP contribution in [-0.2, 0) is 0 Å². The highest BCUT2D eigenvalue weighted by atomic mass is 16.5. The van der Waals surface area contributed by atoms with Gasteiger partial charge < -0.3 is 15.0 Å². The van der Waals surface area contributed by atoms with Crippen molar-refractivity contribution >= 4 is 5.82 Å². The normalized spacial score (nSPS) is 17.7. The molecule has 0 spiro atoms. The van der Waals surface area contributed by atoms with Gasteiger partial charge >= 0.3 is 0 Å². The number of ether oxygens (including phenoxy) is 1. The van der Waals surface area contributed by atoms with Crippen LogP contribution in [0.4, 0.5) is 5.82 Å². The Kier molecular flexibility index (Phi) is 4.75. The number of hydrogen-bond donors (Lipinski definition) is 1. The first kappa shape index (κ1) is 13.1. The number of piperidine rings is 1. The maximum absolute atomic E-state index is 5.35. The van der Waals surface area contributed by atoms with E-state index in [4.69, 9.17) is 4.74 Å². The van der Waals surface area contributed by atoms with E-state index in [9.17, 15) is 0 Å². The van der Waals surface area contributed by atoms with Gasteiger partial charge in [-0.25, -0.2) is 9.97 Å². The molecule has 1 N–H and O–H groups in total. The lowest BCUT2D eigenvalue weighted by atomic mass is 9.97. The lowest BCUT2D eigenvalue weighted by molar-refractivity contribution is 0.226. The monoisotopic (exact) mass is 250 g/mol. The lowest BCUT2D eigenvalue weighted by Gasteiger charge is -2.29. The first-order valence-electron chi connectivity index (χ1n) is 6.65. The Morgan fingerprint density at radius 2 is 2.17 bits per heavy atom. The highest BCUT2D eigenvalue weighted by Gasteiger charge is 2.16. The summed E-state index contributed by atoms with van der Waals surface area (Å²) in [6, 6.07) is 1.86. The molecule has 2 rings (SSSR count). The summed E-state index contributed by atoms with van der Waals surface area (Å²) in [6.07, 6.45) is 4.06. The molecule has 0 saturated carbocycles. The Balaban J connectivity index is 1.80. The van der Waals surface area contributed by atoms with Crippen LogP contribution in [0.25, 0.3) is 0 Å². The average Bonchev–Trinajstić information content (AvgIpc) is 2.39. The molecule has 1 aliphatic rings. The van der Waals surface area contributed by atoms with Gasteiger partial charge in [0.15, 0.2) is 0 Å². The Hall–Kier alpha value is -1.36. The zero-order valence-corrected chi connectivity index (χ0v) is 11.2. The van der Waals surface area contributed by atoms with E-state index in [-0.39, 0.29) is 0 Å². The number of anilines is 1. The third-order valence-corrected chi connectivity index (χ3v) is 3.34. The smallest absolute Gasteiger partial charge is 0.218 e. The molecule has 0 radical (unpaired) electrons. The summed E-state index contributed by atoms with van der Waals surface area (Å²) in [5.74, 6) is 2.23. The molecule has 0 bridgehead atoms. The predicted octanol–water partition coefficient (Wildman–Crippen LogP) is 1.63. The summed E-state index contributed by atoms with van der Waals surface area (Å²) in [5, 5.41) is 3.38. The van der Waals surface area contributed by atoms with Crippen molar-refractivity contribution in [2.45, 2.75) is 19.8 Å². The summed E-state index contributed by atoms with van der Waals surface area (Å²) in [5.41, 5.74) is 0. The number of aromatic nitrogens is 2. The van der Waals surface area contributed by atoms with Crippen LogP contribution in [0.15, 0.2) is 12.4 Å². The van der Waals surface area contributed by atoms with Crippen LogP contribution < -0.4 is 10.1 Å². The minimum atomic E-state index is 0.630. The molecule has 100 valence electrons.